The van der Waals surface area contributed by atoms with Crippen molar-refractivity contribution < 1.29 is 4.79 Å². The quantitative estimate of drug-likeness (QED) is 0.904. The lowest BCUT2D eigenvalue weighted by molar-refractivity contribution is -0.132. The minimum atomic E-state index is 0.267. The number of aromatic nitrogens is 2. The van der Waals surface area contributed by atoms with Crippen molar-refractivity contribution in [1.82, 2.24) is 20.0 Å². The molecule has 1 amide bonds. The van der Waals surface area contributed by atoms with Crippen LogP contribution in [0.2, 0.25) is 0 Å². The van der Waals surface area contributed by atoms with Gasteiger partial charge in [0.2, 0.25) is 5.91 Å². The minimum absolute atomic E-state index is 0.267. The van der Waals surface area contributed by atoms with Crippen LogP contribution in [0.25, 0.3) is 0 Å². The number of hydrogen-bond acceptors (Lipinski definition) is 3. The van der Waals surface area contributed by atoms with Crippen molar-refractivity contribution in [3.05, 3.63) is 17.0 Å². The normalized spacial score (nSPS) is 19.0. The van der Waals surface area contributed by atoms with Crippen molar-refractivity contribution in [2.24, 2.45) is 5.92 Å². The second-order valence-electron chi connectivity index (χ2n) is 6.92. The Balaban J connectivity index is 1.96. The summed E-state index contributed by atoms with van der Waals surface area (Å²) in [6.45, 7) is 14.2. The molecule has 0 aliphatic carbocycles. The van der Waals surface area contributed by atoms with Gasteiger partial charge in [-0.3, -0.25) is 9.48 Å². The van der Waals surface area contributed by atoms with Gasteiger partial charge in [-0.1, -0.05) is 13.8 Å². The molecule has 1 aromatic heterocycles. The van der Waals surface area contributed by atoms with Crippen LogP contribution in [0.15, 0.2) is 0 Å². The van der Waals surface area contributed by atoms with Gasteiger partial charge in [-0.15, -0.1) is 0 Å². The van der Waals surface area contributed by atoms with Gasteiger partial charge in [0.15, 0.2) is 0 Å². The predicted molar refractivity (Wildman–Crippen MR) is 88.9 cm³/mol. The first kappa shape index (κ1) is 17.0. The fourth-order valence-electron chi connectivity index (χ4n) is 3.17. The van der Waals surface area contributed by atoms with Crippen molar-refractivity contribution in [3.63, 3.8) is 0 Å². The first-order valence-electron chi connectivity index (χ1n) is 8.42. The van der Waals surface area contributed by atoms with Gasteiger partial charge in [-0.05, 0) is 38.7 Å². The highest BCUT2D eigenvalue weighted by molar-refractivity contribution is 5.76. The molecule has 1 fully saturated rings. The Morgan fingerprint density at radius 3 is 2.77 bits per heavy atom. The van der Waals surface area contributed by atoms with E-state index < -0.39 is 0 Å². The maximum absolute atomic E-state index is 12.4. The summed E-state index contributed by atoms with van der Waals surface area (Å²) in [5.74, 6) is 0.846. The number of aryl methyl sites for hydroxylation is 1. The average molecular weight is 306 g/mol. The molecular weight excluding hydrogens is 276 g/mol. The third-order valence-electron chi connectivity index (χ3n) is 4.38. The lowest BCUT2D eigenvalue weighted by Gasteiger charge is -2.32. The lowest BCUT2D eigenvalue weighted by Crippen LogP contribution is -2.51. The Morgan fingerprint density at radius 2 is 2.14 bits per heavy atom. The molecule has 124 valence electrons. The Hall–Kier alpha value is -1.36. The van der Waals surface area contributed by atoms with Gasteiger partial charge >= 0.3 is 0 Å². The summed E-state index contributed by atoms with van der Waals surface area (Å²) in [6, 6.07) is 0.398. The van der Waals surface area contributed by atoms with Crippen LogP contribution in [0.5, 0.6) is 0 Å². The molecule has 0 saturated carbocycles. The Bertz CT molecular complexity index is 521. The highest BCUT2D eigenvalue weighted by atomic mass is 16.2. The van der Waals surface area contributed by atoms with E-state index in [1.807, 2.05) is 4.90 Å². The zero-order valence-electron chi connectivity index (χ0n) is 14.6. The monoisotopic (exact) mass is 306 g/mol. The number of rotatable bonds is 5. The highest BCUT2D eigenvalue weighted by Gasteiger charge is 2.21. The van der Waals surface area contributed by atoms with E-state index in [1.165, 1.54) is 11.3 Å². The van der Waals surface area contributed by atoms with Crippen molar-refractivity contribution in [2.75, 3.05) is 19.6 Å². The second-order valence-corrected chi connectivity index (χ2v) is 6.92. The first-order valence-corrected chi connectivity index (χ1v) is 8.42. The molecule has 1 N–H and O–H groups in total. The van der Waals surface area contributed by atoms with Gasteiger partial charge < -0.3 is 10.2 Å². The van der Waals surface area contributed by atoms with Gasteiger partial charge in [0.25, 0.3) is 0 Å². The molecule has 5 nitrogen and oxygen atoms in total. The summed E-state index contributed by atoms with van der Waals surface area (Å²) in [5, 5.41) is 8.01. The summed E-state index contributed by atoms with van der Waals surface area (Å²) in [7, 11) is 0. The summed E-state index contributed by atoms with van der Waals surface area (Å²) in [6.07, 6.45) is 1.38. The number of nitrogens with zero attached hydrogens (tertiary/aromatic N) is 3. The molecule has 22 heavy (non-hydrogen) atoms. The van der Waals surface area contributed by atoms with Crippen molar-refractivity contribution in [3.8, 4) is 0 Å². The molecule has 1 atom stereocenters. The molecule has 1 aliphatic rings. The van der Waals surface area contributed by atoms with Crippen LogP contribution in [-0.2, 0) is 17.8 Å². The summed E-state index contributed by atoms with van der Waals surface area (Å²) in [4.78, 5) is 14.4. The lowest BCUT2D eigenvalue weighted by atomic mass is 10.1. The zero-order valence-corrected chi connectivity index (χ0v) is 14.6. The molecule has 1 aliphatic heterocycles. The zero-order chi connectivity index (χ0) is 16.3. The van der Waals surface area contributed by atoms with E-state index >= 15 is 0 Å². The SMILES string of the molecule is Cc1nn(CC(C)C)c(C)c1CCC(=O)N1CCNC(C)C1. The van der Waals surface area contributed by atoms with Crippen LogP contribution in [-0.4, -0.2) is 46.3 Å². The van der Waals surface area contributed by atoms with E-state index in [4.69, 9.17) is 0 Å². The topological polar surface area (TPSA) is 50.2 Å². The number of carbonyl (C=O) groups is 1. The predicted octanol–water partition coefficient (Wildman–Crippen LogP) is 1.91. The van der Waals surface area contributed by atoms with Crippen LogP contribution < -0.4 is 5.32 Å². The number of carbonyl (C=O) groups excluding carboxylic acids is 1. The molecule has 0 spiro atoms. The summed E-state index contributed by atoms with van der Waals surface area (Å²) in [5.41, 5.74) is 3.53. The molecule has 0 bridgehead atoms. The van der Waals surface area contributed by atoms with Crippen molar-refractivity contribution in [2.45, 2.75) is 60.0 Å². The maximum atomic E-state index is 12.4. The van der Waals surface area contributed by atoms with Gasteiger partial charge in [-0.25, -0.2) is 0 Å². The van der Waals surface area contributed by atoms with E-state index in [9.17, 15) is 4.79 Å². The molecule has 1 aromatic rings. The van der Waals surface area contributed by atoms with E-state index in [0.29, 0.717) is 18.4 Å². The Kier molecular flexibility index (Phi) is 5.62. The largest absolute Gasteiger partial charge is 0.340 e. The third-order valence-corrected chi connectivity index (χ3v) is 4.38. The van der Waals surface area contributed by atoms with Crippen LogP contribution in [0.4, 0.5) is 0 Å². The van der Waals surface area contributed by atoms with Crippen LogP contribution in [0.3, 0.4) is 0 Å². The standard InChI is InChI=1S/C17H30N4O/c1-12(2)10-21-15(5)16(14(4)19-21)6-7-17(22)20-9-8-18-13(3)11-20/h12-13,18H,6-11H2,1-5H3. The highest BCUT2D eigenvalue weighted by Crippen LogP contribution is 2.17. The van der Waals surface area contributed by atoms with E-state index in [1.54, 1.807) is 0 Å². The third kappa shape index (κ3) is 4.09. The molecule has 2 heterocycles. The minimum Gasteiger partial charge on any atom is -0.340 e. The fraction of sp³-hybridized carbons (Fsp3) is 0.765. The Labute approximate surface area is 134 Å². The average Bonchev–Trinajstić information content (AvgIpc) is 2.70. The molecule has 0 radical (unpaired) electrons. The molecule has 5 heteroatoms. The number of nitrogens with one attached hydrogen (secondary N) is 1. The number of amides is 1. The van der Waals surface area contributed by atoms with Gasteiger partial charge in [0.05, 0.1) is 5.69 Å². The molecule has 2 rings (SSSR count). The van der Waals surface area contributed by atoms with Crippen LogP contribution >= 0.6 is 0 Å². The van der Waals surface area contributed by atoms with E-state index in [0.717, 1.165) is 38.3 Å². The summed E-state index contributed by atoms with van der Waals surface area (Å²) >= 11 is 0. The van der Waals surface area contributed by atoms with Crippen LogP contribution in [0.1, 0.15) is 44.1 Å². The van der Waals surface area contributed by atoms with Crippen molar-refractivity contribution in [1.29, 1.82) is 0 Å². The molecule has 1 unspecified atom stereocenters. The Morgan fingerprint density at radius 1 is 1.41 bits per heavy atom. The second kappa shape index (κ2) is 7.27. The van der Waals surface area contributed by atoms with E-state index in [2.05, 4.69) is 49.7 Å². The van der Waals surface area contributed by atoms with Crippen molar-refractivity contribution >= 4 is 5.91 Å². The van der Waals surface area contributed by atoms with Gasteiger partial charge in [0, 0.05) is 44.3 Å². The molecule has 0 aromatic carbocycles. The number of hydrogen-bond donors (Lipinski definition) is 1. The smallest absolute Gasteiger partial charge is 0.223 e. The maximum Gasteiger partial charge on any atom is 0.223 e. The number of piperazine rings is 1. The summed E-state index contributed by atoms with van der Waals surface area (Å²) < 4.78 is 2.09. The fourth-order valence-corrected chi connectivity index (χ4v) is 3.17. The first-order chi connectivity index (χ1) is 10.4. The molecular formula is C17H30N4O. The van der Waals surface area contributed by atoms with Gasteiger partial charge in [-0.2, -0.15) is 5.10 Å². The van der Waals surface area contributed by atoms with E-state index in [-0.39, 0.29) is 5.91 Å². The van der Waals surface area contributed by atoms with Gasteiger partial charge in [0.1, 0.15) is 0 Å². The molecule has 1 saturated heterocycles. The van der Waals surface area contributed by atoms with Crippen LogP contribution in [0, 0.1) is 19.8 Å².